The molecule has 1 aliphatic rings. The molecule has 2 heterocycles. The number of ether oxygens (including phenoxy) is 1. The monoisotopic (exact) mass is 305 g/mol. The molecule has 0 bridgehead atoms. The van der Waals surface area contributed by atoms with Crippen molar-refractivity contribution >= 4 is 23.2 Å². The van der Waals surface area contributed by atoms with Gasteiger partial charge in [0.2, 0.25) is 5.91 Å². The highest BCUT2D eigenvalue weighted by Gasteiger charge is 2.23. The molecule has 0 atom stereocenters. The van der Waals surface area contributed by atoms with E-state index in [1.807, 2.05) is 18.2 Å². The molecule has 1 amide bonds. The van der Waals surface area contributed by atoms with E-state index in [0.717, 1.165) is 12.8 Å². The molecule has 1 aliphatic heterocycles. The Balaban J connectivity index is 1.85. The summed E-state index contributed by atoms with van der Waals surface area (Å²) in [5, 5.41) is 7.70. The van der Waals surface area contributed by atoms with Crippen molar-refractivity contribution in [2.75, 3.05) is 18.5 Å². The van der Waals surface area contributed by atoms with E-state index in [0.29, 0.717) is 29.6 Å². The molecule has 5 nitrogen and oxygen atoms in total. The molecule has 0 spiro atoms. The fourth-order valence-electron chi connectivity index (χ4n) is 2.44. The third-order valence-corrected chi connectivity index (χ3v) is 3.88. The first-order valence-electron chi connectivity index (χ1n) is 6.93. The summed E-state index contributed by atoms with van der Waals surface area (Å²) in [6.07, 6.45) is 4.98. The van der Waals surface area contributed by atoms with E-state index in [9.17, 15) is 4.79 Å². The van der Waals surface area contributed by atoms with Crippen molar-refractivity contribution in [3.63, 3.8) is 0 Å². The van der Waals surface area contributed by atoms with Gasteiger partial charge >= 0.3 is 0 Å². The molecule has 0 unspecified atom stereocenters. The summed E-state index contributed by atoms with van der Waals surface area (Å²) in [5.41, 5.74) is 1.35. The molecule has 1 aromatic heterocycles. The molecule has 1 fully saturated rings. The molecule has 0 radical (unpaired) electrons. The van der Waals surface area contributed by atoms with Gasteiger partial charge in [-0.15, -0.1) is 0 Å². The van der Waals surface area contributed by atoms with Gasteiger partial charge in [0.1, 0.15) is 5.69 Å². The van der Waals surface area contributed by atoms with E-state index in [1.165, 1.54) is 0 Å². The van der Waals surface area contributed by atoms with Crippen LogP contribution in [0.4, 0.5) is 5.69 Å². The quantitative estimate of drug-likeness (QED) is 0.948. The van der Waals surface area contributed by atoms with Crippen LogP contribution >= 0.6 is 11.6 Å². The van der Waals surface area contributed by atoms with Crippen LogP contribution in [0.5, 0.6) is 0 Å². The fraction of sp³-hybridized carbons (Fsp3) is 0.333. The zero-order valence-electron chi connectivity index (χ0n) is 11.5. The van der Waals surface area contributed by atoms with Crippen LogP contribution < -0.4 is 5.32 Å². The third kappa shape index (κ3) is 3.09. The summed E-state index contributed by atoms with van der Waals surface area (Å²) in [4.78, 5) is 12.4. The minimum absolute atomic E-state index is 0.00831. The number of carbonyl (C=O) groups is 1. The smallest absolute Gasteiger partial charge is 0.227 e. The molecule has 0 saturated carbocycles. The van der Waals surface area contributed by atoms with Crippen molar-refractivity contribution in [1.82, 2.24) is 9.78 Å². The Hall–Kier alpha value is -1.85. The van der Waals surface area contributed by atoms with Gasteiger partial charge in [-0.1, -0.05) is 17.7 Å². The maximum absolute atomic E-state index is 12.4. The number of hydrogen-bond acceptors (Lipinski definition) is 3. The largest absolute Gasteiger partial charge is 0.381 e. The second-order valence-corrected chi connectivity index (χ2v) is 5.37. The van der Waals surface area contributed by atoms with E-state index in [-0.39, 0.29) is 11.8 Å². The van der Waals surface area contributed by atoms with Crippen molar-refractivity contribution < 1.29 is 9.53 Å². The summed E-state index contributed by atoms with van der Waals surface area (Å²) in [7, 11) is 0. The van der Waals surface area contributed by atoms with E-state index in [2.05, 4.69) is 10.4 Å². The van der Waals surface area contributed by atoms with Crippen LogP contribution in [0.2, 0.25) is 5.02 Å². The van der Waals surface area contributed by atoms with Gasteiger partial charge in [0.25, 0.3) is 0 Å². The topological polar surface area (TPSA) is 56.2 Å². The fourth-order valence-corrected chi connectivity index (χ4v) is 2.71. The van der Waals surface area contributed by atoms with Gasteiger partial charge in [-0.25, -0.2) is 4.68 Å². The predicted molar refractivity (Wildman–Crippen MR) is 80.7 cm³/mol. The van der Waals surface area contributed by atoms with Gasteiger partial charge < -0.3 is 10.1 Å². The minimum atomic E-state index is -0.0109. The molecule has 1 N–H and O–H groups in total. The number of halogens is 1. The molecule has 21 heavy (non-hydrogen) atoms. The molecule has 6 heteroatoms. The molecule has 0 aliphatic carbocycles. The van der Waals surface area contributed by atoms with Gasteiger partial charge in [0.15, 0.2) is 0 Å². The Labute approximate surface area is 127 Å². The maximum atomic E-state index is 12.4. The van der Waals surface area contributed by atoms with E-state index in [1.54, 1.807) is 23.1 Å². The molecule has 1 saturated heterocycles. The zero-order valence-corrected chi connectivity index (χ0v) is 12.2. The number of carbonyl (C=O) groups excluding carboxylic acids is 1. The number of benzene rings is 1. The maximum Gasteiger partial charge on any atom is 0.227 e. The average molecular weight is 306 g/mol. The second kappa shape index (κ2) is 6.28. The lowest BCUT2D eigenvalue weighted by Gasteiger charge is -2.22. The van der Waals surface area contributed by atoms with Crippen LogP contribution in [0, 0.1) is 5.92 Å². The van der Waals surface area contributed by atoms with Crippen LogP contribution in [0.15, 0.2) is 36.7 Å². The third-order valence-electron chi connectivity index (χ3n) is 3.57. The number of amides is 1. The lowest BCUT2D eigenvalue weighted by Crippen LogP contribution is -2.29. The average Bonchev–Trinajstić information content (AvgIpc) is 3.02. The standard InChI is InChI=1S/C15H16ClN3O2/c16-12-3-1-4-13(14(12)19-8-2-7-17-19)18-15(20)11-5-9-21-10-6-11/h1-4,7-8,11H,5-6,9-10H2,(H,18,20). The summed E-state index contributed by atoms with van der Waals surface area (Å²) in [6, 6.07) is 7.24. The summed E-state index contributed by atoms with van der Waals surface area (Å²) < 4.78 is 6.94. The van der Waals surface area contributed by atoms with E-state index < -0.39 is 0 Å². The molecule has 2 aromatic rings. The number of para-hydroxylation sites is 1. The minimum Gasteiger partial charge on any atom is -0.381 e. The first kappa shape index (κ1) is 14.1. The van der Waals surface area contributed by atoms with Crippen LogP contribution in [-0.2, 0) is 9.53 Å². The van der Waals surface area contributed by atoms with Gasteiger partial charge in [-0.2, -0.15) is 5.10 Å². The number of anilines is 1. The SMILES string of the molecule is O=C(Nc1cccc(Cl)c1-n1cccn1)C1CCOCC1. The number of nitrogens with zero attached hydrogens (tertiary/aromatic N) is 2. The molecular formula is C15H16ClN3O2. The van der Waals surface area contributed by atoms with Crippen molar-refractivity contribution in [2.45, 2.75) is 12.8 Å². The van der Waals surface area contributed by atoms with Crippen LogP contribution in [-0.4, -0.2) is 28.9 Å². The summed E-state index contributed by atoms with van der Waals surface area (Å²) in [5.74, 6) is -0.00261. The molecule has 3 rings (SSSR count). The van der Waals surface area contributed by atoms with Crippen molar-refractivity contribution in [3.8, 4) is 5.69 Å². The van der Waals surface area contributed by atoms with E-state index >= 15 is 0 Å². The van der Waals surface area contributed by atoms with Crippen molar-refractivity contribution in [2.24, 2.45) is 5.92 Å². The number of aromatic nitrogens is 2. The Morgan fingerprint density at radius 2 is 2.14 bits per heavy atom. The number of hydrogen-bond donors (Lipinski definition) is 1. The Bertz CT molecular complexity index is 622. The molecule has 1 aromatic carbocycles. The van der Waals surface area contributed by atoms with Crippen LogP contribution in [0.3, 0.4) is 0 Å². The Morgan fingerprint density at radius 3 is 2.86 bits per heavy atom. The van der Waals surface area contributed by atoms with Gasteiger partial charge in [-0.3, -0.25) is 4.79 Å². The summed E-state index contributed by atoms with van der Waals surface area (Å²) in [6.45, 7) is 1.28. The first-order chi connectivity index (χ1) is 10.3. The van der Waals surface area contributed by atoms with E-state index in [4.69, 9.17) is 16.3 Å². The normalized spacial score (nSPS) is 15.9. The van der Waals surface area contributed by atoms with Crippen LogP contribution in [0.1, 0.15) is 12.8 Å². The predicted octanol–water partition coefficient (Wildman–Crippen LogP) is 2.89. The second-order valence-electron chi connectivity index (χ2n) is 4.96. The first-order valence-corrected chi connectivity index (χ1v) is 7.30. The lowest BCUT2D eigenvalue weighted by molar-refractivity contribution is -0.122. The number of rotatable bonds is 3. The highest BCUT2D eigenvalue weighted by molar-refractivity contribution is 6.33. The lowest BCUT2D eigenvalue weighted by atomic mass is 9.99. The van der Waals surface area contributed by atoms with Gasteiger partial charge in [0.05, 0.1) is 10.7 Å². The summed E-state index contributed by atoms with van der Waals surface area (Å²) >= 11 is 6.26. The van der Waals surface area contributed by atoms with Crippen molar-refractivity contribution in [1.29, 1.82) is 0 Å². The van der Waals surface area contributed by atoms with Gasteiger partial charge in [-0.05, 0) is 31.0 Å². The Kier molecular flexibility index (Phi) is 4.22. The highest BCUT2D eigenvalue weighted by Crippen LogP contribution is 2.29. The molecular weight excluding hydrogens is 290 g/mol. The number of nitrogens with one attached hydrogen (secondary N) is 1. The zero-order chi connectivity index (χ0) is 14.7. The van der Waals surface area contributed by atoms with Crippen LogP contribution in [0.25, 0.3) is 5.69 Å². The van der Waals surface area contributed by atoms with Crippen molar-refractivity contribution in [3.05, 3.63) is 41.7 Å². The van der Waals surface area contributed by atoms with Gasteiger partial charge in [0, 0.05) is 31.5 Å². The molecule has 110 valence electrons. The highest BCUT2D eigenvalue weighted by atomic mass is 35.5. The Morgan fingerprint density at radius 1 is 1.33 bits per heavy atom.